The van der Waals surface area contributed by atoms with Crippen molar-refractivity contribution in [3.05, 3.63) is 11.1 Å². The van der Waals surface area contributed by atoms with Gasteiger partial charge in [0, 0.05) is 11.1 Å². The third-order valence-corrected chi connectivity index (χ3v) is 4.64. The third kappa shape index (κ3) is 3.30. The smallest absolute Gasteiger partial charge is 0.301 e. The van der Waals surface area contributed by atoms with Crippen LogP contribution in [0.2, 0.25) is 0 Å². The van der Waals surface area contributed by atoms with Gasteiger partial charge in [0.25, 0.3) is 0 Å². The highest BCUT2D eigenvalue weighted by atomic mass is 32.2. The summed E-state index contributed by atoms with van der Waals surface area (Å²) in [6.07, 6.45) is 1.82. The van der Waals surface area contributed by atoms with Crippen LogP contribution in [-0.2, 0) is 16.5 Å². The molecule has 22 heavy (non-hydrogen) atoms. The Morgan fingerprint density at radius 1 is 1.14 bits per heavy atom. The van der Waals surface area contributed by atoms with Crippen LogP contribution in [0.15, 0.2) is 4.90 Å². The fraction of sp³-hybridized carbons (Fsp3) is 0.600. The first-order chi connectivity index (χ1) is 10.2. The molecule has 0 aliphatic rings. The van der Waals surface area contributed by atoms with Crippen molar-refractivity contribution in [2.45, 2.75) is 50.8 Å². The molecule has 0 fully saturated rings. The van der Waals surface area contributed by atoms with E-state index in [4.69, 9.17) is 9.47 Å². The molecular formula is C15H24O6S. The number of rotatable bonds is 7. The Morgan fingerprint density at radius 2 is 1.68 bits per heavy atom. The van der Waals surface area contributed by atoms with Crippen LogP contribution in [0.25, 0.3) is 0 Å². The van der Waals surface area contributed by atoms with E-state index in [0.717, 1.165) is 0 Å². The van der Waals surface area contributed by atoms with Gasteiger partial charge < -0.3 is 14.6 Å². The fourth-order valence-corrected chi connectivity index (χ4v) is 3.34. The van der Waals surface area contributed by atoms with E-state index in [9.17, 15) is 18.1 Å². The summed E-state index contributed by atoms with van der Waals surface area (Å²) in [6, 6.07) is 0. The normalized spacial score (nSPS) is 13.0. The SMILES string of the molecule is CCCc1c(O)c(S(=O)(=O)O)c(OC)c(C(C)CC)c1OC. The molecule has 1 atom stereocenters. The van der Waals surface area contributed by atoms with E-state index in [1.54, 1.807) is 0 Å². The number of aromatic hydroxyl groups is 1. The molecule has 7 heteroatoms. The molecule has 1 aromatic carbocycles. The molecule has 0 heterocycles. The van der Waals surface area contributed by atoms with Gasteiger partial charge in [0.15, 0.2) is 10.6 Å². The van der Waals surface area contributed by atoms with E-state index in [1.807, 2.05) is 20.8 Å². The van der Waals surface area contributed by atoms with Gasteiger partial charge >= 0.3 is 10.1 Å². The van der Waals surface area contributed by atoms with E-state index in [1.165, 1.54) is 14.2 Å². The molecule has 126 valence electrons. The Hall–Kier alpha value is -1.47. The number of phenolic OH excluding ortho intramolecular Hbond substituents is 1. The van der Waals surface area contributed by atoms with Gasteiger partial charge in [-0.2, -0.15) is 8.42 Å². The maximum Gasteiger partial charge on any atom is 0.301 e. The second-order valence-corrected chi connectivity index (χ2v) is 6.53. The first-order valence-electron chi connectivity index (χ1n) is 7.21. The minimum absolute atomic E-state index is 0.0638. The topological polar surface area (TPSA) is 93.1 Å². The van der Waals surface area contributed by atoms with Crippen LogP contribution in [0.4, 0.5) is 0 Å². The van der Waals surface area contributed by atoms with Crippen molar-refractivity contribution in [2.24, 2.45) is 0 Å². The summed E-state index contributed by atoms with van der Waals surface area (Å²) in [5.74, 6) is -0.226. The van der Waals surface area contributed by atoms with E-state index < -0.39 is 20.8 Å². The van der Waals surface area contributed by atoms with Gasteiger partial charge in [-0.3, -0.25) is 4.55 Å². The van der Waals surface area contributed by atoms with E-state index in [-0.39, 0.29) is 11.7 Å². The zero-order valence-corrected chi connectivity index (χ0v) is 14.5. The molecular weight excluding hydrogens is 308 g/mol. The standard InChI is InChI=1S/C15H24O6S/c1-6-8-10-12(16)15(22(17,18)19)14(21-5)11(9(3)7-2)13(10)20-4/h9,16H,6-8H2,1-5H3,(H,17,18,19). The monoisotopic (exact) mass is 332 g/mol. The van der Waals surface area contributed by atoms with E-state index in [2.05, 4.69) is 0 Å². The first-order valence-corrected chi connectivity index (χ1v) is 8.65. The van der Waals surface area contributed by atoms with E-state index in [0.29, 0.717) is 36.1 Å². The van der Waals surface area contributed by atoms with E-state index >= 15 is 0 Å². The molecule has 0 bridgehead atoms. The Bertz CT molecular complexity index is 636. The lowest BCUT2D eigenvalue weighted by atomic mass is 9.92. The molecule has 1 aromatic rings. The van der Waals surface area contributed by atoms with Crippen LogP contribution >= 0.6 is 0 Å². The van der Waals surface area contributed by atoms with Crippen LogP contribution in [0.3, 0.4) is 0 Å². The van der Waals surface area contributed by atoms with Gasteiger partial charge in [0.2, 0.25) is 0 Å². The Balaban J connectivity index is 3.99. The Morgan fingerprint density at radius 3 is 2.05 bits per heavy atom. The van der Waals surface area contributed by atoms with Gasteiger partial charge in [-0.1, -0.05) is 27.2 Å². The minimum atomic E-state index is -4.64. The molecule has 2 N–H and O–H groups in total. The molecule has 0 saturated carbocycles. The van der Waals surface area contributed by atoms with Crippen LogP contribution in [-0.4, -0.2) is 32.3 Å². The third-order valence-electron chi connectivity index (χ3n) is 3.74. The molecule has 1 unspecified atom stereocenters. The maximum absolute atomic E-state index is 11.7. The fourth-order valence-electron chi connectivity index (χ4n) is 2.55. The summed E-state index contributed by atoms with van der Waals surface area (Å²) in [6.45, 7) is 5.75. The average Bonchev–Trinajstić information content (AvgIpc) is 2.46. The lowest BCUT2D eigenvalue weighted by Gasteiger charge is -2.24. The number of methoxy groups -OCH3 is 2. The summed E-state index contributed by atoms with van der Waals surface area (Å²) in [7, 11) is -1.87. The predicted octanol–water partition coefficient (Wildman–Crippen LogP) is 3.12. The largest absolute Gasteiger partial charge is 0.506 e. The van der Waals surface area contributed by atoms with Crippen molar-refractivity contribution in [3.8, 4) is 17.2 Å². The van der Waals surface area contributed by atoms with Crippen LogP contribution in [0, 0.1) is 0 Å². The maximum atomic E-state index is 11.7. The molecule has 1 rings (SSSR count). The molecule has 0 amide bonds. The van der Waals surface area contributed by atoms with Gasteiger partial charge in [0.1, 0.15) is 11.5 Å². The van der Waals surface area contributed by atoms with Crippen molar-refractivity contribution in [2.75, 3.05) is 14.2 Å². The molecule has 0 radical (unpaired) electrons. The van der Waals surface area contributed by atoms with Crippen molar-refractivity contribution in [3.63, 3.8) is 0 Å². The molecule has 0 saturated heterocycles. The van der Waals surface area contributed by atoms with Crippen LogP contribution in [0.1, 0.15) is 50.7 Å². The summed E-state index contributed by atoms with van der Waals surface area (Å²) >= 11 is 0. The number of hydrogen-bond donors (Lipinski definition) is 2. The number of benzene rings is 1. The van der Waals surface area contributed by atoms with Crippen molar-refractivity contribution in [1.29, 1.82) is 0 Å². The van der Waals surface area contributed by atoms with Crippen molar-refractivity contribution >= 4 is 10.1 Å². The quantitative estimate of drug-likeness (QED) is 0.745. The van der Waals surface area contributed by atoms with Gasteiger partial charge in [0.05, 0.1) is 14.2 Å². The second kappa shape index (κ2) is 7.19. The van der Waals surface area contributed by atoms with Gasteiger partial charge in [-0.25, -0.2) is 0 Å². The first kappa shape index (κ1) is 18.6. The van der Waals surface area contributed by atoms with Gasteiger partial charge in [-0.15, -0.1) is 0 Å². The summed E-state index contributed by atoms with van der Waals surface area (Å²) in [5.41, 5.74) is 0.912. The lowest BCUT2D eigenvalue weighted by molar-refractivity contribution is 0.349. The Kier molecular flexibility index (Phi) is 6.08. The average molecular weight is 332 g/mol. The predicted molar refractivity (Wildman–Crippen MR) is 83.7 cm³/mol. The summed E-state index contributed by atoms with van der Waals surface area (Å²) < 4.78 is 43.6. The zero-order valence-electron chi connectivity index (χ0n) is 13.6. The highest BCUT2D eigenvalue weighted by molar-refractivity contribution is 7.86. The molecule has 0 aliphatic heterocycles. The Labute approximate surface area is 131 Å². The summed E-state index contributed by atoms with van der Waals surface area (Å²) in [4.78, 5) is -0.588. The lowest BCUT2D eigenvalue weighted by Crippen LogP contribution is -2.11. The second-order valence-electron chi connectivity index (χ2n) is 5.17. The highest BCUT2D eigenvalue weighted by Crippen LogP contribution is 2.49. The highest BCUT2D eigenvalue weighted by Gasteiger charge is 2.33. The molecule has 0 aliphatic carbocycles. The number of hydrogen-bond acceptors (Lipinski definition) is 5. The molecule has 0 spiro atoms. The minimum Gasteiger partial charge on any atom is -0.506 e. The molecule has 0 aromatic heterocycles. The number of ether oxygens (including phenoxy) is 2. The molecule has 6 nitrogen and oxygen atoms in total. The van der Waals surface area contributed by atoms with Crippen molar-refractivity contribution in [1.82, 2.24) is 0 Å². The van der Waals surface area contributed by atoms with Crippen LogP contribution < -0.4 is 9.47 Å². The summed E-state index contributed by atoms with van der Waals surface area (Å²) in [5, 5.41) is 10.4. The number of phenols is 1. The van der Waals surface area contributed by atoms with Crippen molar-refractivity contribution < 1.29 is 27.6 Å². The zero-order chi connectivity index (χ0) is 17.1. The van der Waals surface area contributed by atoms with Crippen LogP contribution in [0.5, 0.6) is 17.2 Å². The van der Waals surface area contributed by atoms with Gasteiger partial charge in [-0.05, 0) is 18.8 Å².